The van der Waals surface area contributed by atoms with E-state index in [9.17, 15) is 14.9 Å². The Bertz CT molecular complexity index is 942. The molecule has 1 amide bonds. The quantitative estimate of drug-likeness (QED) is 0.412. The van der Waals surface area contributed by atoms with Gasteiger partial charge in [-0.15, -0.1) is 0 Å². The minimum atomic E-state index is -0.411. The monoisotopic (exact) mass is 455 g/mol. The Hall–Kier alpha value is -3.33. The minimum absolute atomic E-state index is 0.0669. The maximum atomic E-state index is 12.3. The summed E-state index contributed by atoms with van der Waals surface area (Å²) in [5, 5.41) is 10.8. The van der Waals surface area contributed by atoms with Crippen LogP contribution in [0.1, 0.15) is 25.7 Å². The average molecular weight is 456 g/mol. The number of likely N-dealkylation sites (tertiary alicyclic amines) is 1. The van der Waals surface area contributed by atoms with Crippen molar-refractivity contribution < 1.29 is 23.9 Å². The van der Waals surface area contributed by atoms with Crippen molar-refractivity contribution in [1.29, 1.82) is 0 Å². The standard InChI is InChI=1S/C24H29N3O6/c1-31-20-8-4-18(5-9-20)26-17-23(33-24(26)28)3-2-14-25-15-12-22(13-16-25)32-21-10-6-19(7-11-21)27(29)30/h4-11,22-23H,2-3,12-17H2,1H3. The Labute approximate surface area is 193 Å². The number of nitrogens with zero attached hydrogens (tertiary/aromatic N) is 3. The molecule has 2 aromatic carbocycles. The summed E-state index contributed by atoms with van der Waals surface area (Å²) in [6.07, 6.45) is 3.36. The van der Waals surface area contributed by atoms with Crippen LogP contribution in [-0.2, 0) is 4.74 Å². The molecule has 2 aromatic rings. The van der Waals surface area contributed by atoms with Crippen LogP contribution in [0, 0.1) is 10.1 Å². The van der Waals surface area contributed by atoms with E-state index in [0.717, 1.165) is 56.8 Å². The molecule has 0 aromatic heterocycles. The van der Waals surface area contributed by atoms with Gasteiger partial charge in [-0.1, -0.05) is 0 Å². The lowest BCUT2D eigenvalue weighted by Crippen LogP contribution is -2.39. The van der Waals surface area contributed by atoms with Gasteiger partial charge in [0.05, 0.1) is 18.6 Å². The summed E-state index contributed by atoms with van der Waals surface area (Å²) in [5.41, 5.74) is 0.885. The molecule has 2 saturated heterocycles. The van der Waals surface area contributed by atoms with Crippen molar-refractivity contribution in [1.82, 2.24) is 4.90 Å². The molecule has 2 heterocycles. The number of amides is 1. The summed E-state index contributed by atoms with van der Waals surface area (Å²) < 4.78 is 16.7. The number of carbonyl (C=O) groups excluding carboxylic acids is 1. The predicted molar refractivity (Wildman–Crippen MR) is 123 cm³/mol. The number of piperidine rings is 1. The number of cyclic esters (lactones) is 1. The zero-order valence-electron chi connectivity index (χ0n) is 18.7. The summed E-state index contributed by atoms with van der Waals surface area (Å²) in [4.78, 5) is 26.7. The Morgan fingerprint density at radius 1 is 1.06 bits per heavy atom. The summed E-state index contributed by atoms with van der Waals surface area (Å²) in [6, 6.07) is 13.7. The average Bonchev–Trinajstić information content (AvgIpc) is 3.21. The fourth-order valence-electron chi connectivity index (χ4n) is 4.28. The zero-order valence-corrected chi connectivity index (χ0v) is 18.7. The molecule has 0 spiro atoms. The second-order valence-electron chi connectivity index (χ2n) is 8.37. The molecule has 1 atom stereocenters. The highest BCUT2D eigenvalue weighted by Gasteiger charge is 2.32. The van der Waals surface area contributed by atoms with Gasteiger partial charge in [0.15, 0.2) is 0 Å². The van der Waals surface area contributed by atoms with Gasteiger partial charge >= 0.3 is 6.09 Å². The number of nitro groups is 1. The van der Waals surface area contributed by atoms with E-state index < -0.39 is 4.92 Å². The van der Waals surface area contributed by atoms with Gasteiger partial charge in [0, 0.05) is 30.9 Å². The van der Waals surface area contributed by atoms with E-state index in [1.807, 2.05) is 24.3 Å². The second kappa shape index (κ2) is 10.5. The Morgan fingerprint density at radius 2 is 1.73 bits per heavy atom. The van der Waals surface area contributed by atoms with Crippen molar-refractivity contribution in [2.24, 2.45) is 0 Å². The Morgan fingerprint density at radius 3 is 2.36 bits per heavy atom. The van der Waals surface area contributed by atoms with Crippen LogP contribution >= 0.6 is 0 Å². The van der Waals surface area contributed by atoms with E-state index in [4.69, 9.17) is 14.2 Å². The lowest BCUT2D eigenvalue weighted by atomic mass is 10.1. The fraction of sp³-hybridized carbons (Fsp3) is 0.458. The van der Waals surface area contributed by atoms with Crippen molar-refractivity contribution in [2.75, 3.05) is 38.2 Å². The third-order valence-electron chi connectivity index (χ3n) is 6.14. The highest BCUT2D eigenvalue weighted by Crippen LogP contribution is 2.26. The highest BCUT2D eigenvalue weighted by atomic mass is 16.6. The fourth-order valence-corrected chi connectivity index (χ4v) is 4.28. The molecule has 2 aliphatic rings. The molecule has 0 radical (unpaired) electrons. The summed E-state index contributed by atoms with van der Waals surface area (Å²) in [6.45, 7) is 3.41. The van der Waals surface area contributed by atoms with Crippen LogP contribution in [0.5, 0.6) is 11.5 Å². The topological polar surface area (TPSA) is 94.4 Å². The van der Waals surface area contributed by atoms with Gasteiger partial charge in [-0.05, 0) is 68.6 Å². The first kappa shape index (κ1) is 22.8. The second-order valence-corrected chi connectivity index (χ2v) is 8.37. The van der Waals surface area contributed by atoms with E-state index in [2.05, 4.69) is 4.90 Å². The third-order valence-corrected chi connectivity index (χ3v) is 6.14. The SMILES string of the molecule is COc1ccc(N2CC(CCCN3CCC(Oc4ccc([N+](=O)[O-])cc4)CC3)OC2=O)cc1. The van der Waals surface area contributed by atoms with Crippen molar-refractivity contribution >= 4 is 17.5 Å². The van der Waals surface area contributed by atoms with Crippen LogP contribution in [0.25, 0.3) is 0 Å². The normalized spacial score (nSPS) is 19.4. The number of non-ortho nitro benzene ring substituents is 1. The first-order chi connectivity index (χ1) is 16.0. The number of ether oxygens (including phenoxy) is 3. The molecular formula is C24H29N3O6. The van der Waals surface area contributed by atoms with Crippen LogP contribution in [0.15, 0.2) is 48.5 Å². The van der Waals surface area contributed by atoms with Gasteiger partial charge in [-0.3, -0.25) is 15.0 Å². The summed E-state index contributed by atoms with van der Waals surface area (Å²) in [7, 11) is 1.61. The zero-order chi connectivity index (χ0) is 23.2. The molecule has 0 aliphatic carbocycles. The molecule has 4 rings (SSSR count). The maximum Gasteiger partial charge on any atom is 0.414 e. The van der Waals surface area contributed by atoms with E-state index in [1.165, 1.54) is 12.1 Å². The molecule has 2 fully saturated rings. The molecule has 0 N–H and O–H groups in total. The van der Waals surface area contributed by atoms with Crippen molar-refractivity contribution in [3.8, 4) is 11.5 Å². The van der Waals surface area contributed by atoms with Crippen LogP contribution < -0.4 is 14.4 Å². The van der Waals surface area contributed by atoms with Crippen molar-refractivity contribution in [3.05, 3.63) is 58.6 Å². The highest BCUT2D eigenvalue weighted by molar-refractivity contribution is 5.89. The summed E-state index contributed by atoms with van der Waals surface area (Å²) in [5.74, 6) is 1.42. The molecule has 9 nitrogen and oxygen atoms in total. The lowest BCUT2D eigenvalue weighted by Gasteiger charge is -2.32. The minimum Gasteiger partial charge on any atom is -0.497 e. The van der Waals surface area contributed by atoms with E-state index in [0.29, 0.717) is 12.3 Å². The molecule has 33 heavy (non-hydrogen) atoms. The largest absolute Gasteiger partial charge is 0.497 e. The van der Waals surface area contributed by atoms with Crippen molar-refractivity contribution in [3.63, 3.8) is 0 Å². The Balaban J connectivity index is 1.15. The van der Waals surface area contributed by atoms with Crippen LogP contribution in [0.4, 0.5) is 16.2 Å². The van der Waals surface area contributed by atoms with Gasteiger partial charge in [0.2, 0.25) is 0 Å². The number of nitro benzene ring substituents is 1. The number of hydrogen-bond donors (Lipinski definition) is 0. The molecular weight excluding hydrogens is 426 g/mol. The van der Waals surface area contributed by atoms with E-state index >= 15 is 0 Å². The smallest absolute Gasteiger partial charge is 0.414 e. The van der Waals surface area contributed by atoms with Crippen molar-refractivity contribution in [2.45, 2.75) is 37.9 Å². The van der Waals surface area contributed by atoms with Gasteiger partial charge in [-0.2, -0.15) is 0 Å². The van der Waals surface area contributed by atoms with E-state index in [1.54, 1.807) is 24.1 Å². The third kappa shape index (κ3) is 5.92. The van der Waals surface area contributed by atoms with Gasteiger partial charge in [-0.25, -0.2) is 4.79 Å². The number of benzene rings is 2. The van der Waals surface area contributed by atoms with Gasteiger partial charge < -0.3 is 19.1 Å². The predicted octanol–water partition coefficient (Wildman–Crippen LogP) is 4.25. The molecule has 2 aliphatic heterocycles. The first-order valence-electron chi connectivity index (χ1n) is 11.3. The van der Waals surface area contributed by atoms with Crippen LogP contribution in [0.2, 0.25) is 0 Å². The van der Waals surface area contributed by atoms with Crippen LogP contribution in [0.3, 0.4) is 0 Å². The van der Waals surface area contributed by atoms with Crippen LogP contribution in [-0.4, -0.2) is 61.4 Å². The molecule has 9 heteroatoms. The summed E-state index contributed by atoms with van der Waals surface area (Å²) >= 11 is 0. The molecule has 0 bridgehead atoms. The van der Waals surface area contributed by atoms with Gasteiger partial charge in [0.1, 0.15) is 23.7 Å². The molecule has 176 valence electrons. The number of hydrogen-bond acceptors (Lipinski definition) is 7. The molecule has 1 unspecified atom stereocenters. The lowest BCUT2D eigenvalue weighted by molar-refractivity contribution is -0.384. The number of anilines is 1. The van der Waals surface area contributed by atoms with E-state index in [-0.39, 0.29) is 24.0 Å². The number of methoxy groups -OCH3 is 1. The Kier molecular flexibility index (Phi) is 7.29. The molecule has 0 saturated carbocycles. The maximum absolute atomic E-state index is 12.3. The first-order valence-corrected chi connectivity index (χ1v) is 11.3. The number of carbonyl (C=O) groups is 1. The number of rotatable bonds is 9. The van der Waals surface area contributed by atoms with Gasteiger partial charge in [0.25, 0.3) is 5.69 Å².